The van der Waals surface area contributed by atoms with Gasteiger partial charge in [-0.1, -0.05) is 18.2 Å². The monoisotopic (exact) mass is 202 g/mol. The van der Waals surface area contributed by atoms with Crippen LogP contribution in [-0.4, -0.2) is 12.2 Å². The van der Waals surface area contributed by atoms with E-state index in [0.29, 0.717) is 0 Å². The Hall–Kier alpha value is -1.32. The topological polar surface area (TPSA) is 17.1 Å². The molecule has 1 rings (SSSR count). The van der Waals surface area contributed by atoms with Crippen LogP contribution in [0.2, 0.25) is 0 Å². The summed E-state index contributed by atoms with van der Waals surface area (Å²) >= 11 is 0. The van der Waals surface area contributed by atoms with Gasteiger partial charge in [0.25, 0.3) is 6.43 Å². The SMILES string of the molecule is CC(=O)c1cccc(C(F)C(F)F)c1. The van der Waals surface area contributed by atoms with Crippen LogP contribution in [0, 0.1) is 0 Å². The molecule has 0 amide bonds. The summed E-state index contributed by atoms with van der Waals surface area (Å²) in [5.41, 5.74) is 0.0819. The van der Waals surface area contributed by atoms with E-state index in [2.05, 4.69) is 0 Å². The molecule has 14 heavy (non-hydrogen) atoms. The maximum absolute atomic E-state index is 12.8. The number of alkyl halides is 3. The summed E-state index contributed by atoms with van der Waals surface area (Å²) in [6.45, 7) is 1.30. The van der Waals surface area contributed by atoms with E-state index in [1.165, 1.54) is 25.1 Å². The summed E-state index contributed by atoms with van der Waals surface area (Å²) < 4.78 is 36.8. The molecule has 0 radical (unpaired) electrons. The lowest BCUT2D eigenvalue weighted by atomic mass is 10.1. The number of rotatable bonds is 3. The van der Waals surface area contributed by atoms with Crippen molar-refractivity contribution in [3.8, 4) is 0 Å². The van der Waals surface area contributed by atoms with Crippen LogP contribution in [0.4, 0.5) is 13.2 Å². The summed E-state index contributed by atoms with van der Waals surface area (Å²) in [7, 11) is 0. The lowest BCUT2D eigenvalue weighted by Gasteiger charge is -2.07. The third-order valence-electron chi connectivity index (χ3n) is 1.83. The summed E-state index contributed by atoms with van der Waals surface area (Å²) in [6.07, 6.45) is -5.38. The molecule has 0 bridgehead atoms. The second-order valence-electron chi connectivity index (χ2n) is 2.92. The fraction of sp³-hybridized carbons (Fsp3) is 0.300. The Labute approximate surface area is 79.5 Å². The molecule has 1 aromatic carbocycles. The van der Waals surface area contributed by atoms with Crippen LogP contribution in [0.15, 0.2) is 24.3 Å². The maximum atomic E-state index is 12.8. The summed E-state index contributed by atoms with van der Waals surface area (Å²) in [4.78, 5) is 10.9. The van der Waals surface area contributed by atoms with Gasteiger partial charge < -0.3 is 0 Å². The fourth-order valence-corrected chi connectivity index (χ4v) is 1.07. The highest BCUT2D eigenvalue weighted by molar-refractivity contribution is 5.94. The standard InChI is InChI=1S/C10H9F3O/c1-6(14)7-3-2-4-8(5-7)9(11)10(12)13/h2-5,9-10H,1H3. The molecule has 1 aromatic rings. The van der Waals surface area contributed by atoms with Crippen molar-refractivity contribution >= 4 is 5.78 Å². The second-order valence-corrected chi connectivity index (χ2v) is 2.92. The van der Waals surface area contributed by atoms with E-state index >= 15 is 0 Å². The van der Waals surface area contributed by atoms with Crippen LogP contribution < -0.4 is 0 Å². The highest BCUT2D eigenvalue weighted by Crippen LogP contribution is 2.25. The molecule has 0 aliphatic heterocycles. The average molecular weight is 202 g/mol. The minimum Gasteiger partial charge on any atom is -0.295 e. The molecule has 0 saturated heterocycles. The van der Waals surface area contributed by atoms with Crippen molar-refractivity contribution in [3.63, 3.8) is 0 Å². The number of carbonyl (C=O) groups excluding carboxylic acids is 1. The first-order valence-electron chi connectivity index (χ1n) is 4.05. The molecule has 0 heterocycles. The van der Waals surface area contributed by atoms with Crippen molar-refractivity contribution in [3.05, 3.63) is 35.4 Å². The predicted octanol–water partition coefficient (Wildman–Crippen LogP) is 3.16. The van der Waals surface area contributed by atoms with E-state index in [1.54, 1.807) is 0 Å². The van der Waals surface area contributed by atoms with Crippen molar-refractivity contribution < 1.29 is 18.0 Å². The molecule has 0 fully saturated rings. The molecule has 4 heteroatoms. The predicted molar refractivity (Wildman–Crippen MR) is 46.3 cm³/mol. The molecule has 0 spiro atoms. The highest BCUT2D eigenvalue weighted by atomic mass is 19.3. The van der Waals surface area contributed by atoms with Crippen LogP contribution in [0.25, 0.3) is 0 Å². The van der Waals surface area contributed by atoms with Gasteiger partial charge in [0, 0.05) is 5.56 Å². The summed E-state index contributed by atoms with van der Waals surface area (Å²) in [6, 6.07) is 5.24. The van der Waals surface area contributed by atoms with E-state index in [0.717, 1.165) is 6.07 Å². The lowest BCUT2D eigenvalue weighted by Crippen LogP contribution is -2.04. The first kappa shape index (κ1) is 10.8. The maximum Gasteiger partial charge on any atom is 0.273 e. The first-order valence-corrected chi connectivity index (χ1v) is 4.05. The van der Waals surface area contributed by atoms with E-state index < -0.39 is 12.6 Å². The number of carbonyl (C=O) groups is 1. The van der Waals surface area contributed by atoms with Crippen LogP contribution >= 0.6 is 0 Å². The molecular weight excluding hydrogens is 193 g/mol. The molecule has 0 aromatic heterocycles. The third-order valence-corrected chi connectivity index (χ3v) is 1.83. The molecule has 0 N–H and O–H groups in total. The summed E-state index contributed by atoms with van der Waals surface area (Å²) in [5, 5.41) is 0. The molecule has 0 aliphatic rings. The van der Waals surface area contributed by atoms with Crippen LogP contribution in [0.3, 0.4) is 0 Å². The Bertz CT molecular complexity index is 336. The fourth-order valence-electron chi connectivity index (χ4n) is 1.07. The van der Waals surface area contributed by atoms with Crippen LogP contribution in [0.5, 0.6) is 0 Å². The number of ketones is 1. The van der Waals surface area contributed by atoms with E-state index in [4.69, 9.17) is 0 Å². The van der Waals surface area contributed by atoms with Gasteiger partial charge in [-0.2, -0.15) is 0 Å². The van der Waals surface area contributed by atoms with Crippen molar-refractivity contribution in [1.29, 1.82) is 0 Å². The Balaban J connectivity index is 2.99. The number of halogens is 3. The van der Waals surface area contributed by atoms with Crippen LogP contribution in [-0.2, 0) is 0 Å². The number of benzene rings is 1. The Morgan fingerprint density at radius 2 is 1.93 bits per heavy atom. The second kappa shape index (κ2) is 4.26. The van der Waals surface area contributed by atoms with Crippen molar-refractivity contribution in [1.82, 2.24) is 0 Å². The Morgan fingerprint density at radius 1 is 1.29 bits per heavy atom. The molecule has 1 atom stereocenters. The van der Waals surface area contributed by atoms with Gasteiger partial charge in [-0.25, -0.2) is 13.2 Å². The quantitative estimate of drug-likeness (QED) is 0.688. The van der Waals surface area contributed by atoms with E-state index in [1.807, 2.05) is 0 Å². The molecule has 1 nitrogen and oxygen atoms in total. The van der Waals surface area contributed by atoms with Crippen molar-refractivity contribution in [2.75, 3.05) is 0 Å². The highest BCUT2D eigenvalue weighted by Gasteiger charge is 2.21. The van der Waals surface area contributed by atoms with E-state index in [9.17, 15) is 18.0 Å². The first-order chi connectivity index (χ1) is 6.52. The molecule has 0 saturated carbocycles. The minimum atomic E-state index is -3.06. The van der Waals surface area contributed by atoms with Gasteiger partial charge in [0.1, 0.15) is 0 Å². The van der Waals surface area contributed by atoms with Gasteiger partial charge in [-0.15, -0.1) is 0 Å². The number of Topliss-reactive ketones (excluding diaryl/α,β-unsaturated/α-hetero) is 1. The van der Waals surface area contributed by atoms with Gasteiger partial charge in [0.2, 0.25) is 0 Å². The van der Waals surface area contributed by atoms with Gasteiger partial charge in [-0.3, -0.25) is 4.79 Å². The summed E-state index contributed by atoms with van der Waals surface area (Å²) in [5.74, 6) is -0.270. The van der Waals surface area contributed by atoms with Crippen molar-refractivity contribution in [2.24, 2.45) is 0 Å². The lowest BCUT2D eigenvalue weighted by molar-refractivity contribution is 0.0495. The smallest absolute Gasteiger partial charge is 0.273 e. The zero-order valence-corrected chi connectivity index (χ0v) is 7.51. The van der Waals surface area contributed by atoms with Gasteiger partial charge in [0.15, 0.2) is 12.0 Å². The van der Waals surface area contributed by atoms with Gasteiger partial charge in [0.05, 0.1) is 0 Å². The minimum absolute atomic E-state index is 0.160. The van der Waals surface area contributed by atoms with Gasteiger partial charge >= 0.3 is 0 Å². The van der Waals surface area contributed by atoms with Gasteiger partial charge in [-0.05, 0) is 18.6 Å². The Morgan fingerprint density at radius 3 is 2.43 bits per heavy atom. The van der Waals surface area contributed by atoms with Crippen LogP contribution in [0.1, 0.15) is 29.0 Å². The average Bonchev–Trinajstić information content (AvgIpc) is 2.16. The zero-order chi connectivity index (χ0) is 10.7. The zero-order valence-electron chi connectivity index (χ0n) is 7.51. The third kappa shape index (κ3) is 2.34. The normalized spacial score (nSPS) is 12.9. The number of hydrogen-bond acceptors (Lipinski definition) is 1. The van der Waals surface area contributed by atoms with Crippen molar-refractivity contribution in [2.45, 2.75) is 19.5 Å². The largest absolute Gasteiger partial charge is 0.295 e. The Kier molecular flexibility index (Phi) is 3.28. The molecule has 0 aliphatic carbocycles. The molecule has 76 valence electrons. The van der Waals surface area contributed by atoms with E-state index in [-0.39, 0.29) is 16.9 Å². The molecule has 1 unspecified atom stereocenters. The molecular formula is C10H9F3O. The number of hydrogen-bond donors (Lipinski definition) is 0.